The van der Waals surface area contributed by atoms with Crippen LogP contribution < -0.4 is 5.32 Å². The average Bonchev–Trinajstić information content (AvgIpc) is 2.48. The first-order valence-electron chi connectivity index (χ1n) is 7.35. The molecule has 0 radical (unpaired) electrons. The van der Waals surface area contributed by atoms with Crippen molar-refractivity contribution in [2.24, 2.45) is 5.92 Å². The Labute approximate surface area is 125 Å². The second kappa shape index (κ2) is 6.61. The summed E-state index contributed by atoms with van der Waals surface area (Å²) in [4.78, 5) is 25.0. The van der Waals surface area contributed by atoms with Crippen molar-refractivity contribution in [2.75, 3.05) is 6.54 Å². The van der Waals surface area contributed by atoms with Crippen molar-refractivity contribution >= 4 is 12.0 Å². The van der Waals surface area contributed by atoms with Crippen LogP contribution in [0.25, 0.3) is 0 Å². The first kappa shape index (κ1) is 15.4. The second-order valence-electron chi connectivity index (χ2n) is 5.72. The molecule has 5 nitrogen and oxygen atoms in total. The van der Waals surface area contributed by atoms with Gasteiger partial charge in [0.15, 0.2) is 0 Å². The summed E-state index contributed by atoms with van der Waals surface area (Å²) in [7, 11) is 0. The predicted molar refractivity (Wildman–Crippen MR) is 80.2 cm³/mol. The third-order valence-electron chi connectivity index (χ3n) is 4.25. The molecule has 21 heavy (non-hydrogen) atoms. The van der Waals surface area contributed by atoms with Gasteiger partial charge in [0.2, 0.25) is 0 Å². The lowest BCUT2D eigenvalue weighted by Gasteiger charge is -2.37. The summed E-state index contributed by atoms with van der Waals surface area (Å²) in [5.74, 6) is -0.443. The number of nitrogens with one attached hydrogen (secondary N) is 1. The molecule has 1 aromatic rings. The largest absolute Gasteiger partial charge is 0.478 e. The topological polar surface area (TPSA) is 69.6 Å². The van der Waals surface area contributed by atoms with Gasteiger partial charge in [-0.05, 0) is 43.4 Å². The summed E-state index contributed by atoms with van der Waals surface area (Å²) in [5.41, 5.74) is 1.03. The number of rotatable bonds is 3. The fourth-order valence-electron chi connectivity index (χ4n) is 2.72. The zero-order chi connectivity index (χ0) is 15.4. The Morgan fingerprint density at radius 3 is 2.86 bits per heavy atom. The molecule has 1 saturated heterocycles. The molecule has 2 unspecified atom stereocenters. The van der Waals surface area contributed by atoms with Crippen LogP contribution in [0.15, 0.2) is 24.3 Å². The SMILES string of the molecule is CC1CCCN(C(=O)NCc2cccc(C(=O)O)c2)C1C. The van der Waals surface area contributed by atoms with E-state index in [1.807, 2.05) is 11.0 Å². The number of carbonyl (C=O) groups is 2. The van der Waals surface area contributed by atoms with Crippen molar-refractivity contribution in [1.29, 1.82) is 0 Å². The maximum atomic E-state index is 12.2. The highest BCUT2D eigenvalue weighted by atomic mass is 16.4. The van der Waals surface area contributed by atoms with Gasteiger partial charge in [-0.25, -0.2) is 9.59 Å². The normalized spacial score (nSPS) is 21.9. The van der Waals surface area contributed by atoms with Crippen molar-refractivity contribution < 1.29 is 14.7 Å². The molecule has 2 atom stereocenters. The molecule has 0 spiro atoms. The molecule has 5 heteroatoms. The van der Waals surface area contributed by atoms with E-state index in [0.717, 1.165) is 24.9 Å². The molecule has 2 rings (SSSR count). The van der Waals surface area contributed by atoms with Gasteiger partial charge in [-0.1, -0.05) is 19.1 Å². The molecular formula is C16H22N2O3. The minimum Gasteiger partial charge on any atom is -0.478 e. The van der Waals surface area contributed by atoms with Crippen molar-refractivity contribution in [3.05, 3.63) is 35.4 Å². The average molecular weight is 290 g/mol. The molecule has 0 aromatic heterocycles. The highest BCUT2D eigenvalue weighted by Crippen LogP contribution is 2.22. The summed E-state index contributed by atoms with van der Waals surface area (Å²) in [5, 5.41) is 11.8. The van der Waals surface area contributed by atoms with Crippen molar-refractivity contribution in [1.82, 2.24) is 10.2 Å². The number of urea groups is 1. The van der Waals surface area contributed by atoms with Gasteiger partial charge in [0.1, 0.15) is 0 Å². The van der Waals surface area contributed by atoms with Crippen molar-refractivity contribution in [3.8, 4) is 0 Å². The molecule has 0 bridgehead atoms. The molecule has 2 N–H and O–H groups in total. The van der Waals surface area contributed by atoms with Crippen LogP contribution in [-0.2, 0) is 6.54 Å². The number of carboxylic acid groups (broad SMARTS) is 1. The zero-order valence-electron chi connectivity index (χ0n) is 12.5. The summed E-state index contributed by atoms with van der Waals surface area (Å²) in [6.45, 7) is 5.37. The van der Waals surface area contributed by atoms with Gasteiger partial charge in [0.05, 0.1) is 5.56 Å². The third kappa shape index (κ3) is 3.74. The smallest absolute Gasteiger partial charge is 0.335 e. The van der Waals surface area contributed by atoms with Crippen molar-refractivity contribution in [2.45, 2.75) is 39.3 Å². The van der Waals surface area contributed by atoms with Crippen LogP contribution in [-0.4, -0.2) is 34.6 Å². The van der Waals surface area contributed by atoms with E-state index in [4.69, 9.17) is 5.11 Å². The van der Waals surface area contributed by atoms with Gasteiger partial charge in [-0.2, -0.15) is 0 Å². The summed E-state index contributed by atoms with van der Waals surface area (Å²) < 4.78 is 0. The Bertz CT molecular complexity index is 530. The van der Waals surface area contributed by atoms with E-state index in [0.29, 0.717) is 12.5 Å². The molecule has 1 aliphatic heterocycles. The number of hydrogen-bond acceptors (Lipinski definition) is 2. The van der Waals surface area contributed by atoms with E-state index in [1.54, 1.807) is 18.2 Å². The van der Waals surface area contributed by atoms with Crippen LogP contribution in [0.4, 0.5) is 4.79 Å². The highest BCUT2D eigenvalue weighted by molar-refractivity contribution is 5.87. The number of hydrogen-bond donors (Lipinski definition) is 2. The summed E-state index contributed by atoms with van der Waals surface area (Å²) >= 11 is 0. The number of aromatic carboxylic acids is 1. The monoisotopic (exact) mass is 290 g/mol. The fraction of sp³-hybridized carbons (Fsp3) is 0.500. The molecule has 1 heterocycles. The zero-order valence-corrected chi connectivity index (χ0v) is 12.5. The van der Waals surface area contributed by atoms with Crippen LogP contribution in [0.5, 0.6) is 0 Å². The van der Waals surface area contributed by atoms with Gasteiger partial charge < -0.3 is 15.3 Å². The van der Waals surface area contributed by atoms with Crippen LogP contribution in [0.1, 0.15) is 42.6 Å². The molecule has 114 valence electrons. The number of nitrogens with zero attached hydrogens (tertiary/aromatic N) is 1. The minimum atomic E-state index is -0.957. The first-order valence-corrected chi connectivity index (χ1v) is 7.35. The van der Waals surface area contributed by atoms with Crippen molar-refractivity contribution in [3.63, 3.8) is 0 Å². The van der Waals surface area contributed by atoms with Crippen LogP contribution in [0, 0.1) is 5.92 Å². The molecular weight excluding hydrogens is 268 g/mol. The Balaban J connectivity index is 1.94. The summed E-state index contributed by atoms with van der Waals surface area (Å²) in [6, 6.07) is 6.80. The third-order valence-corrected chi connectivity index (χ3v) is 4.25. The van der Waals surface area contributed by atoms with Crippen LogP contribution in [0.3, 0.4) is 0 Å². The van der Waals surface area contributed by atoms with E-state index >= 15 is 0 Å². The lowest BCUT2D eigenvalue weighted by atomic mass is 9.92. The molecule has 0 saturated carbocycles. The lowest BCUT2D eigenvalue weighted by molar-refractivity contribution is 0.0696. The maximum absolute atomic E-state index is 12.2. The molecule has 2 amide bonds. The highest BCUT2D eigenvalue weighted by Gasteiger charge is 2.28. The second-order valence-corrected chi connectivity index (χ2v) is 5.72. The van der Waals surface area contributed by atoms with Crippen LogP contribution in [0.2, 0.25) is 0 Å². The number of carbonyl (C=O) groups excluding carboxylic acids is 1. The Hall–Kier alpha value is -2.04. The van der Waals surface area contributed by atoms with E-state index < -0.39 is 5.97 Å². The van der Waals surface area contributed by atoms with Gasteiger partial charge in [0, 0.05) is 19.1 Å². The Morgan fingerprint density at radius 1 is 1.38 bits per heavy atom. The Morgan fingerprint density at radius 2 is 2.14 bits per heavy atom. The van der Waals surface area contributed by atoms with Gasteiger partial charge >= 0.3 is 12.0 Å². The van der Waals surface area contributed by atoms with E-state index in [-0.39, 0.29) is 17.6 Å². The quantitative estimate of drug-likeness (QED) is 0.899. The Kier molecular flexibility index (Phi) is 4.83. The maximum Gasteiger partial charge on any atom is 0.335 e. The van der Waals surface area contributed by atoms with E-state index in [2.05, 4.69) is 19.2 Å². The minimum absolute atomic E-state index is 0.0743. The molecule has 1 aromatic carbocycles. The van der Waals surface area contributed by atoms with E-state index in [9.17, 15) is 9.59 Å². The molecule has 0 aliphatic carbocycles. The predicted octanol–water partition coefficient (Wildman–Crippen LogP) is 2.71. The number of carboxylic acids is 1. The lowest BCUT2D eigenvalue weighted by Crippen LogP contribution is -2.50. The van der Waals surface area contributed by atoms with E-state index in [1.165, 1.54) is 0 Å². The van der Waals surface area contributed by atoms with Gasteiger partial charge in [-0.15, -0.1) is 0 Å². The molecule has 1 aliphatic rings. The number of likely N-dealkylation sites (tertiary alicyclic amines) is 1. The van der Waals surface area contributed by atoms with Crippen LogP contribution >= 0.6 is 0 Å². The van der Waals surface area contributed by atoms with Gasteiger partial charge in [0.25, 0.3) is 0 Å². The number of piperidine rings is 1. The number of amides is 2. The number of benzene rings is 1. The summed E-state index contributed by atoms with van der Waals surface area (Å²) in [6.07, 6.45) is 2.19. The van der Waals surface area contributed by atoms with Gasteiger partial charge in [-0.3, -0.25) is 0 Å². The fourth-order valence-corrected chi connectivity index (χ4v) is 2.72. The molecule has 1 fully saturated rings. The standard InChI is InChI=1S/C16H22N2O3/c1-11-5-4-8-18(12(11)2)16(21)17-10-13-6-3-7-14(9-13)15(19)20/h3,6-7,9,11-12H,4-5,8,10H2,1-2H3,(H,17,21)(H,19,20). The first-order chi connectivity index (χ1) is 9.99.